The number of hydrogen-bond donors (Lipinski definition) is 2. The molecule has 0 unspecified atom stereocenters. The van der Waals surface area contributed by atoms with Crippen LogP contribution in [0.15, 0.2) is 77.6 Å². The van der Waals surface area contributed by atoms with Crippen molar-refractivity contribution in [1.82, 2.24) is 4.98 Å². The molecule has 0 radical (unpaired) electrons. The zero-order chi connectivity index (χ0) is 36.6. The summed E-state index contributed by atoms with van der Waals surface area (Å²) in [5, 5.41) is 10.3. The van der Waals surface area contributed by atoms with Gasteiger partial charge in [0, 0.05) is 16.7 Å². The Hall–Kier alpha value is -4.72. The van der Waals surface area contributed by atoms with Gasteiger partial charge in [-0.05, 0) is 117 Å². The third-order valence-corrected chi connectivity index (χ3v) is 9.75. The molecule has 3 N–H and O–H groups in total. The Labute approximate surface area is 302 Å². The lowest BCUT2D eigenvalue weighted by Crippen LogP contribution is -2.08. The van der Waals surface area contributed by atoms with E-state index in [-0.39, 0.29) is 16.2 Å². The molecule has 4 aromatic carbocycles. The lowest BCUT2D eigenvalue weighted by molar-refractivity contribution is -0.106. The quantitative estimate of drug-likeness (QED) is 0.0811. The highest BCUT2D eigenvalue weighted by Crippen LogP contribution is 2.35. The highest BCUT2D eigenvalue weighted by molar-refractivity contribution is 7.80. The van der Waals surface area contributed by atoms with E-state index in [4.69, 9.17) is 29.6 Å². The molecule has 0 aliphatic rings. The molecule has 0 fully saturated rings. The van der Waals surface area contributed by atoms with Crippen LogP contribution >= 0.6 is 35.2 Å². The van der Waals surface area contributed by atoms with E-state index < -0.39 is 5.24 Å². The zero-order valence-corrected chi connectivity index (χ0v) is 31.2. The number of halogens is 1. The standard InChI is InChI=1S/C20H19NO2S.C13H13ClO2.C7H7NS/c1-11-10-12(2)16(14(4)13(11)3)17-18(22)21-19(24-20(17)23)15-8-6-5-7-9-15;1-7-5-8(2)12(10(4)9(7)3)11(6-15)13(14)16;8-7(9)6-4-2-1-3-5-6/h5-10,22H,1-4H3;5H,1-4H3;1-5H,(H2,8,9). The summed E-state index contributed by atoms with van der Waals surface area (Å²) in [6.45, 7) is 15.7. The van der Waals surface area contributed by atoms with Crippen LogP contribution in [-0.2, 0) is 9.59 Å². The first kappa shape index (κ1) is 38.7. The summed E-state index contributed by atoms with van der Waals surface area (Å²) < 4.78 is -0.171. The number of carbonyl (C=O) groups excluding carboxylic acids is 2. The summed E-state index contributed by atoms with van der Waals surface area (Å²) in [7, 11) is 0. The molecule has 49 heavy (non-hydrogen) atoms. The van der Waals surface area contributed by atoms with Gasteiger partial charge in [0.05, 0.1) is 0 Å². The van der Waals surface area contributed by atoms with Crippen molar-refractivity contribution in [2.45, 2.75) is 55.4 Å². The van der Waals surface area contributed by atoms with E-state index in [1.54, 1.807) is 5.94 Å². The molecule has 0 aliphatic carbocycles. The maximum Gasteiger partial charge on any atom is 0.264 e. The molecule has 0 saturated heterocycles. The number of carbonyl (C=O) groups is 1. The van der Waals surface area contributed by atoms with Gasteiger partial charge in [0.15, 0.2) is 0 Å². The molecule has 1 heterocycles. The van der Waals surface area contributed by atoms with Crippen molar-refractivity contribution in [3.8, 4) is 27.6 Å². The highest BCUT2D eigenvalue weighted by Gasteiger charge is 2.20. The van der Waals surface area contributed by atoms with E-state index in [1.807, 2.05) is 121 Å². The van der Waals surface area contributed by atoms with Crippen LogP contribution in [0.25, 0.3) is 27.3 Å². The summed E-state index contributed by atoms with van der Waals surface area (Å²) in [6.07, 6.45) is 0. The van der Waals surface area contributed by atoms with Gasteiger partial charge in [0.1, 0.15) is 27.1 Å². The smallest absolute Gasteiger partial charge is 0.264 e. The number of thiocarbonyl (C=S) groups is 1. The van der Waals surface area contributed by atoms with Crippen LogP contribution in [0.2, 0.25) is 0 Å². The Morgan fingerprint density at radius 1 is 0.776 bits per heavy atom. The lowest BCUT2D eigenvalue weighted by Gasteiger charge is -2.15. The topological polar surface area (TPSA) is 110 Å². The molecule has 252 valence electrons. The second-order valence-electron chi connectivity index (χ2n) is 11.6. The highest BCUT2D eigenvalue weighted by atomic mass is 35.5. The largest absolute Gasteiger partial charge is 0.493 e. The fraction of sp³-hybridized carbons (Fsp3) is 0.200. The van der Waals surface area contributed by atoms with Crippen molar-refractivity contribution in [2.24, 2.45) is 5.73 Å². The Balaban J connectivity index is 0.000000223. The van der Waals surface area contributed by atoms with Crippen molar-refractivity contribution in [2.75, 3.05) is 0 Å². The summed E-state index contributed by atoms with van der Waals surface area (Å²) in [4.78, 5) is 39.4. The van der Waals surface area contributed by atoms with E-state index in [9.17, 15) is 19.5 Å². The number of aromatic hydroxyl groups is 1. The van der Waals surface area contributed by atoms with E-state index in [0.717, 1.165) is 67.0 Å². The number of rotatable bonds is 5. The Morgan fingerprint density at radius 3 is 1.76 bits per heavy atom. The van der Waals surface area contributed by atoms with Crippen LogP contribution in [0.4, 0.5) is 0 Å². The van der Waals surface area contributed by atoms with E-state index in [0.29, 0.717) is 21.1 Å². The predicted molar refractivity (Wildman–Crippen MR) is 208 cm³/mol. The predicted octanol–water partition coefficient (Wildman–Crippen LogP) is 9.00. The van der Waals surface area contributed by atoms with E-state index in [2.05, 4.69) is 11.9 Å². The number of nitrogens with zero attached hydrogens (tertiary/aromatic N) is 1. The third kappa shape index (κ3) is 9.25. The summed E-state index contributed by atoms with van der Waals surface area (Å²) in [6, 6.07) is 23.0. The molecule has 0 bridgehead atoms. The minimum atomic E-state index is -0.760. The van der Waals surface area contributed by atoms with Gasteiger partial charge in [-0.25, -0.2) is 9.78 Å². The Morgan fingerprint density at radius 2 is 1.29 bits per heavy atom. The van der Waals surface area contributed by atoms with Crippen molar-refractivity contribution in [3.63, 3.8) is 0 Å². The van der Waals surface area contributed by atoms with E-state index >= 15 is 0 Å². The van der Waals surface area contributed by atoms with Crippen LogP contribution in [-0.4, -0.2) is 26.3 Å². The fourth-order valence-electron chi connectivity index (χ4n) is 5.45. The van der Waals surface area contributed by atoms with Gasteiger partial charge in [0.2, 0.25) is 10.6 Å². The van der Waals surface area contributed by atoms with Crippen LogP contribution in [0, 0.1) is 55.4 Å². The number of benzene rings is 4. The van der Waals surface area contributed by atoms with Gasteiger partial charge < -0.3 is 10.8 Å². The summed E-state index contributed by atoms with van der Waals surface area (Å²) in [5.74, 6) is 1.43. The molecule has 6 nitrogen and oxygen atoms in total. The number of aryl methyl sites for hydroxylation is 4. The second kappa shape index (κ2) is 17.1. The SMILES string of the molecule is Cc1cc(C)c(-c2c(O)nc(-c3ccccc3)sc2=O)c(C)c1C.Cc1cc(C)c(C(=C=O)C(=O)Cl)c(C)c1C.NC(=S)c1ccccc1. The summed E-state index contributed by atoms with van der Waals surface area (Å²) >= 11 is 11.2. The molecule has 0 spiro atoms. The van der Waals surface area contributed by atoms with Crippen LogP contribution < -0.4 is 10.5 Å². The first-order valence-electron chi connectivity index (χ1n) is 15.3. The van der Waals surface area contributed by atoms with Gasteiger partial charge in [-0.1, -0.05) is 96.4 Å². The molecule has 0 atom stereocenters. The van der Waals surface area contributed by atoms with Gasteiger partial charge in [-0.15, -0.1) is 0 Å². The molecule has 5 aromatic rings. The number of nitrogens with two attached hydrogens (primary N) is 1. The maximum absolute atomic E-state index is 12.8. The minimum absolute atomic E-state index is 0.0835. The Bertz CT molecular complexity index is 2140. The minimum Gasteiger partial charge on any atom is -0.493 e. The first-order chi connectivity index (χ1) is 23.1. The Kier molecular flexibility index (Phi) is 13.5. The van der Waals surface area contributed by atoms with Gasteiger partial charge in [-0.3, -0.25) is 9.59 Å². The lowest BCUT2D eigenvalue weighted by atomic mass is 9.91. The molecular formula is C40H39ClN2O4S2. The van der Waals surface area contributed by atoms with Crippen LogP contribution in [0.1, 0.15) is 55.6 Å². The average molecular weight is 711 g/mol. The second-order valence-corrected chi connectivity index (χ2v) is 13.4. The average Bonchev–Trinajstić information content (AvgIpc) is 3.07. The van der Waals surface area contributed by atoms with Gasteiger partial charge in [0.25, 0.3) is 5.24 Å². The van der Waals surface area contributed by atoms with Crippen molar-refractivity contribution >= 4 is 56.9 Å². The normalized spacial score (nSPS) is 10.1. The van der Waals surface area contributed by atoms with Crippen LogP contribution in [0.3, 0.4) is 0 Å². The monoisotopic (exact) mass is 710 g/mol. The van der Waals surface area contributed by atoms with Crippen molar-refractivity contribution in [3.05, 3.63) is 138 Å². The maximum atomic E-state index is 12.8. The molecule has 0 aliphatic heterocycles. The molecule has 1 aromatic heterocycles. The molecule has 5 rings (SSSR count). The fourth-order valence-corrected chi connectivity index (χ4v) is 6.58. The van der Waals surface area contributed by atoms with E-state index in [1.165, 1.54) is 5.56 Å². The van der Waals surface area contributed by atoms with Gasteiger partial charge >= 0.3 is 0 Å². The number of allylic oxidation sites excluding steroid dienone is 1. The molecule has 0 amide bonds. The zero-order valence-electron chi connectivity index (χ0n) is 28.8. The molecule has 9 heteroatoms. The number of aromatic nitrogens is 1. The van der Waals surface area contributed by atoms with Gasteiger partial charge in [-0.2, -0.15) is 0 Å². The summed E-state index contributed by atoms with van der Waals surface area (Å²) in [5.41, 5.74) is 17.0. The van der Waals surface area contributed by atoms with Crippen molar-refractivity contribution < 1.29 is 14.7 Å². The third-order valence-electron chi connectivity index (χ3n) is 8.41. The molecule has 0 saturated carbocycles. The number of hydrogen-bond acceptors (Lipinski definition) is 7. The first-order valence-corrected chi connectivity index (χ1v) is 17.0. The molecular weight excluding hydrogens is 672 g/mol. The van der Waals surface area contributed by atoms with Crippen molar-refractivity contribution in [1.29, 1.82) is 0 Å². The van der Waals surface area contributed by atoms with Crippen LogP contribution in [0.5, 0.6) is 5.88 Å².